The van der Waals surface area contributed by atoms with Crippen molar-refractivity contribution in [2.24, 2.45) is 0 Å². The lowest BCUT2D eigenvalue weighted by Gasteiger charge is -2.13. The number of hydrogen-bond acceptors (Lipinski definition) is 4. The van der Waals surface area contributed by atoms with Gasteiger partial charge >= 0.3 is 12.0 Å². The van der Waals surface area contributed by atoms with Crippen LogP contribution in [0.25, 0.3) is 0 Å². The normalized spacial score (nSPS) is 9.86. The zero-order chi connectivity index (χ0) is 15.8. The monoisotopic (exact) mass is 360 g/mol. The van der Waals surface area contributed by atoms with E-state index in [0.717, 1.165) is 0 Å². The molecule has 0 spiro atoms. The molecule has 0 radical (unpaired) electrons. The van der Waals surface area contributed by atoms with Crippen molar-refractivity contribution in [1.29, 1.82) is 0 Å². The highest BCUT2D eigenvalue weighted by Gasteiger charge is 2.12. The summed E-state index contributed by atoms with van der Waals surface area (Å²) in [6, 6.07) is 2.87. The Hall–Kier alpha value is -1.96. The molecule has 0 fully saturated rings. The Bertz CT molecular complexity index is 522. The van der Waals surface area contributed by atoms with Gasteiger partial charge in [-0.05, 0) is 28.4 Å². The summed E-state index contributed by atoms with van der Waals surface area (Å²) in [7, 11) is 3.01. The van der Waals surface area contributed by atoms with Crippen LogP contribution in [0.1, 0.15) is 12.8 Å². The van der Waals surface area contributed by atoms with Gasteiger partial charge in [0, 0.05) is 19.0 Å². The largest absolute Gasteiger partial charge is 0.495 e. The van der Waals surface area contributed by atoms with Crippen LogP contribution in [0.15, 0.2) is 16.6 Å². The first kappa shape index (κ1) is 17.1. The molecule has 0 saturated heterocycles. The summed E-state index contributed by atoms with van der Waals surface area (Å²) in [6.07, 6.45) is 0.379. The molecule has 2 amide bonds. The molecule has 0 saturated carbocycles. The van der Waals surface area contributed by atoms with Crippen molar-refractivity contribution in [2.75, 3.05) is 26.1 Å². The number of carbonyl (C=O) groups excluding carboxylic acids is 1. The number of nitrogens with one attached hydrogen (secondary N) is 2. The van der Waals surface area contributed by atoms with Gasteiger partial charge in [0.2, 0.25) is 0 Å². The molecule has 0 aromatic heterocycles. The van der Waals surface area contributed by atoms with Crippen molar-refractivity contribution < 1.29 is 24.2 Å². The number of anilines is 1. The molecule has 0 bridgehead atoms. The number of rotatable bonds is 7. The van der Waals surface area contributed by atoms with E-state index in [1.54, 1.807) is 12.1 Å². The Balaban J connectivity index is 2.63. The Morgan fingerprint density at radius 2 is 1.90 bits per heavy atom. The van der Waals surface area contributed by atoms with Crippen molar-refractivity contribution in [1.82, 2.24) is 5.32 Å². The van der Waals surface area contributed by atoms with Crippen molar-refractivity contribution in [3.05, 3.63) is 16.6 Å². The van der Waals surface area contributed by atoms with Gasteiger partial charge in [-0.15, -0.1) is 0 Å². The van der Waals surface area contributed by atoms with Crippen LogP contribution in [0, 0.1) is 0 Å². The summed E-state index contributed by atoms with van der Waals surface area (Å²) in [5, 5.41) is 13.7. The van der Waals surface area contributed by atoms with Gasteiger partial charge in [0.25, 0.3) is 0 Å². The molecular formula is C13H17BrN2O5. The van der Waals surface area contributed by atoms with E-state index < -0.39 is 12.0 Å². The fourth-order valence-corrected chi connectivity index (χ4v) is 2.07. The molecule has 8 heteroatoms. The number of urea groups is 1. The predicted octanol–water partition coefficient (Wildman–Crippen LogP) is 2.45. The molecule has 0 unspecified atom stereocenters. The third kappa shape index (κ3) is 5.50. The third-order valence-corrected chi connectivity index (χ3v) is 3.19. The van der Waals surface area contributed by atoms with Gasteiger partial charge in [-0.25, -0.2) is 4.79 Å². The number of carboxylic acid groups (broad SMARTS) is 1. The quantitative estimate of drug-likeness (QED) is 0.649. The summed E-state index contributed by atoms with van der Waals surface area (Å²) in [6.45, 7) is 0.276. The predicted molar refractivity (Wildman–Crippen MR) is 81.1 cm³/mol. The summed E-state index contributed by atoms with van der Waals surface area (Å²) in [5.41, 5.74) is 0.473. The number of ether oxygens (including phenoxy) is 2. The Kier molecular flexibility index (Phi) is 6.80. The average molecular weight is 361 g/mol. The molecule has 116 valence electrons. The molecular weight excluding hydrogens is 344 g/mol. The molecule has 1 rings (SSSR count). The fraction of sp³-hybridized carbons (Fsp3) is 0.385. The average Bonchev–Trinajstić information content (AvgIpc) is 2.43. The van der Waals surface area contributed by atoms with Crippen LogP contribution in [0.3, 0.4) is 0 Å². The van der Waals surface area contributed by atoms with Crippen molar-refractivity contribution in [3.8, 4) is 11.5 Å². The van der Waals surface area contributed by atoms with Gasteiger partial charge < -0.3 is 25.2 Å². The number of halogens is 1. The first-order valence-electron chi connectivity index (χ1n) is 6.16. The van der Waals surface area contributed by atoms with E-state index in [0.29, 0.717) is 28.1 Å². The number of aliphatic carboxylic acids is 1. The van der Waals surface area contributed by atoms with E-state index in [1.807, 2.05) is 0 Å². The molecule has 1 aromatic carbocycles. The number of benzene rings is 1. The van der Waals surface area contributed by atoms with Crippen LogP contribution in [0.5, 0.6) is 11.5 Å². The minimum Gasteiger partial charge on any atom is -0.495 e. The second-order valence-electron chi connectivity index (χ2n) is 4.07. The van der Waals surface area contributed by atoms with Gasteiger partial charge in [0.15, 0.2) is 0 Å². The van der Waals surface area contributed by atoms with Crippen molar-refractivity contribution in [2.45, 2.75) is 12.8 Å². The van der Waals surface area contributed by atoms with E-state index in [1.165, 1.54) is 14.2 Å². The first-order chi connectivity index (χ1) is 9.97. The van der Waals surface area contributed by atoms with Crippen LogP contribution in [0.2, 0.25) is 0 Å². The van der Waals surface area contributed by atoms with Crippen molar-refractivity contribution >= 4 is 33.6 Å². The van der Waals surface area contributed by atoms with Gasteiger partial charge in [-0.1, -0.05) is 0 Å². The molecule has 21 heavy (non-hydrogen) atoms. The van der Waals surface area contributed by atoms with E-state index >= 15 is 0 Å². The number of methoxy groups -OCH3 is 2. The zero-order valence-electron chi connectivity index (χ0n) is 11.7. The second kappa shape index (κ2) is 8.35. The Morgan fingerprint density at radius 3 is 2.48 bits per heavy atom. The SMILES string of the molecule is COc1cc(OC)c(NC(=O)NCCCC(=O)O)cc1Br. The lowest BCUT2D eigenvalue weighted by Crippen LogP contribution is -2.30. The highest BCUT2D eigenvalue weighted by molar-refractivity contribution is 9.10. The van der Waals surface area contributed by atoms with Crippen LogP contribution in [-0.2, 0) is 4.79 Å². The molecule has 1 aromatic rings. The zero-order valence-corrected chi connectivity index (χ0v) is 13.3. The number of amides is 2. The number of hydrogen-bond donors (Lipinski definition) is 3. The minimum atomic E-state index is -0.891. The van der Waals surface area contributed by atoms with Crippen LogP contribution >= 0.6 is 15.9 Å². The molecule has 0 aliphatic rings. The first-order valence-corrected chi connectivity index (χ1v) is 6.95. The number of carbonyl (C=O) groups is 2. The molecule has 3 N–H and O–H groups in total. The molecule has 7 nitrogen and oxygen atoms in total. The van der Waals surface area contributed by atoms with E-state index in [-0.39, 0.29) is 13.0 Å². The summed E-state index contributed by atoms with van der Waals surface area (Å²) in [5.74, 6) is 0.146. The minimum absolute atomic E-state index is 0.0116. The Morgan fingerprint density at radius 1 is 1.24 bits per heavy atom. The van der Waals surface area contributed by atoms with Gasteiger partial charge in [0.1, 0.15) is 11.5 Å². The van der Waals surface area contributed by atoms with Crippen molar-refractivity contribution in [3.63, 3.8) is 0 Å². The van der Waals surface area contributed by atoms with Crippen LogP contribution in [0.4, 0.5) is 10.5 Å². The smallest absolute Gasteiger partial charge is 0.319 e. The third-order valence-electron chi connectivity index (χ3n) is 2.58. The Labute approximate surface area is 130 Å². The van der Waals surface area contributed by atoms with E-state index in [9.17, 15) is 9.59 Å². The molecule has 0 atom stereocenters. The van der Waals surface area contributed by atoms with E-state index in [4.69, 9.17) is 14.6 Å². The van der Waals surface area contributed by atoms with Gasteiger partial charge in [0.05, 0.1) is 24.4 Å². The lowest BCUT2D eigenvalue weighted by atomic mass is 10.2. The maximum absolute atomic E-state index is 11.7. The fourth-order valence-electron chi connectivity index (χ4n) is 1.57. The molecule has 0 aliphatic carbocycles. The number of carboxylic acids is 1. The van der Waals surface area contributed by atoms with E-state index in [2.05, 4.69) is 26.6 Å². The highest BCUT2D eigenvalue weighted by atomic mass is 79.9. The topological polar surface area (TPSA) is 96.9 Å². The van der Waals surface area contributed by atoms with Crippen LogP contribution in [-0.4, -0.2) is 37.9 Å². The summed E-state index contributed by atoms with van der Waals surface area (Å²) < 4.78 is 11.0. The highest BCUT2D eigenvalue weighted by Crippen LogP contribution is 2.35. The maximum Gasteiger partial charge on any atom is 0.319 e. The van der Waals surface area contributed by atoms with Gasteiger partial charge in [-0.3, -0.25) is 4.79 Å². The molecule has 0 heterocycles. The lowest BCUT2D eigenvalue weighted by molar-refractivity contribution is -0.137. The standard InChI is InChI=1S/C13H17BrN2O5/c1-20-10-7-11(21-2)9(6-8(10)14)16-13(19)15-5-3-4-12(17)18/h6-7H,3-5H2,1-2H3,(H,17,18)(H2,15,16,19). The summed E-state index contributed by atoms with van der Waals surface area (Å²) in [4.78, 5) is 22.1. The maximum atomic E-state index is 11.7. The van der Waals surface area contributed by atoms with Gasteiger partial charge in [-0.2, -0.15) is 0 Å². The summed E-state index contributed by atoms with van der Waals surface area (Å²) >= 11 is 3.32. The molecule has 0 aliphatic heterocycles. The second-order valence-corrected chi connectivity index (χ2v) is 4.92. The van der Waals surface area contributed by atoms with Crippen LogP contribution < -0.4 is 20.1 Å².